The maximum atomic E-state index is 12.6. The third-order valence-corrected chi connectivity index (χ3v) is 5.41. The molecule has 1 atom stereocenters. The van der Waals surface area contributed by atoms with Crippen molar-refractivity contribution in [2.24, 2.45) is 16.2 Å². The highest BCUT2D eigenvalue weighted by atomic mass is 16.5. The van der Waals surface area contributed by atoms with Gasteiger partial charge in [0.15, 0.2) is 0 Å². The predicted octanol–water partition coefficient (Wildman–Crippen LogP) is 5.21. The van der Waals surface area contributed by atoms with Crippen molar-refractivity contribution >= 4 is 5.97 Å². The van der Waals surface area contributed by atoms with E-state index in [2.05, 4.69) is 48.5 Å². The van der Waals surface area contributed by atoms with Crippen molar-refractivity contribution in [2.45, 2.75) is 81.1 Å². The molecule has 0 aliphatic heterocycles. The number of hydrogen-bond donors (Lipinski definition) is 0. The molecular weight excluding hydrogens is 236 g/mol. The zero-order chi connectivity index (χ0) is 15.3. The van der Waals surface area contributed by atoms with Crippen LogP contribution in [0.25, 0.3) is 0 Å². The summed E-state index contributed by atoms with van der Waals surface area (Å²) in [6, 6.07) is 0. The van der Waals surface area contributed by atoms with E-state index in [1.807, 2.05) is 6.92 Å². The van der Waals surface area contributed by atoms with Gasteiger partial charge in [-0.3, -0.25) is 4.79 Å². The van der Waals surface area contributed by atoms with Crippen LogP contribution in [0.2, 0.25) is 0 Å². The highest BCUT2D eigenvalue weighted by molar-refractivity contribution is 5.77. The Kier molecular flexibility index (Phi) is 6.57. The molecule has 1 unspecified atom stereocenters. The zero-order valence-electron chi connectivity index (χ0n) is 14.4. The summed E-state index contributed by atoms with van der Waals surface area (Å²) in [5, 5.41) is 0. The second-order valence-electron chi connectivity index (χ2n) is 7.01. The number of esters is 1. The lowest BCUT2D eigenvalue weighted by molar-refractivity contribution is -0.167. The summed E-state index contributed by atoms with van der Waals surface area (Å²) in [7, 11) is 0. The van der Waals surface area contributed by atoms with Crippen molar-refractivity contribution in [1.29, 1.82) is 0 Å². The molecule has 0 spiro atoms. The second kappa shape index (κ2) is 6.76. The molecule has 0 rings (SSSR count). The molecule has 0 aromatic heterocycles. The first-order chi connectivity index (χ1) is 8.62. The Morgan fingerprint density at radius 1 is 0.895 bits per heavy atom. The van der Waals surface area contributed by atoms with E-state index in [1.54, 1.807) is 0 Å². The molecular formula is C17H34O2. The molecule has 2 nitrogen and oxygen atoms in total. The molecule has 114 valence electrons. The molecule has 19 heavy (non-hydrogen) atoms. The van der Waals surface area contributed by atoms with Gasteiger partial charge in [-0.25, -0.2) is 0 Å². The molecule has 2 heteroatoms. The van der Waals surface area contributed by atoms with E-state index in [0.29, 0.717) is 6.61 Å². The van der Waals surface area contributed by atoms with Gasteiger partial charge in [0.25, 0.3) is 0 Å². The Bertz CT molecular complexity index is 290. The molecule has 0 bridgehead atoms. The van der Waals surface area contributed by atoms with Crippen LogP contribution in [0, 0.1) is 16.2 Å². The molecule has 0 aromatic rings. The third kappa shape index (κ3) is 3.97. The van der Waals surface area contributed by atoms with Gasteiger partial charge in [-0.1, -0.05) is 48.0 Å². The van der Waals surface area contributed by atoms with E-state index in [0.717, 1.165) is 25.7 Å². The Morgan fingerprint density at radius 3 is 1.68 bits per heavy atom. The molecule has 0 heterocycles. The van der Waals surface area contributed by atoms with E-state index in [-0.39, 0.29) is 16.8 Å². The average Bonchev–Trinajstić information content (AvgIpc) is 2.37. The van der Waals surface area contributed by atoms with Gasteiger partial charge < -0.3 is 4.74 Å². The van der Waals surface area contributed by atoms with E-state index in [1.165, 1.54) is 0 Å². The third-order valence-electron chi connectivity index (χ3n) is 5.41. The summed E-state index contributed by atoms with van der Waals surface area (Å²) in [5.74, 6) is -0.0253. The standard InChI is InChI=1S/C17H34O2/c1-9-15(5,6)13-17(8,14(18)19-12-4)16(7,10-2)11-3/h9-13H2,1-8H3. The average molecular weight is 270 g/mol. The van der Waals surface area contributed by atoms with Crippen LogP contribution in [0.15, 0.2) is 0 Å². The van der Waals surface area contributed by atoms with E-state index >= 15 is 0 Å². The fourth-order valence-corrected chi connectivity index (χ4v) is 2.93. The van der Waals surface area contributed by atoms with Crippen molar-refractivity contribution in [3.8, 4) is 0 Å². The van der Waals surface area contributed by atoms with Crippen LogP contribution < -0.4 is 0 Å². The van der Waals surface area contributed by atoms with Gasteiger partial charge in [-0.05, 0) is 43.9 Å². The number of hydrogen-bond acceptors (Lipinski definition) is 2. The lowest BCUT2D eigenvalue weighted by atomic mass is 9.57. The largest absolute Gasteiger partial charge is 0.466 e. The summed E-state index contributed by atoms with van der Waals surface area (Å²) in [5.41, 5.74) is -0.259. The van der Waals surface area contributed by atoms with Crippen LogP contribution in [-0.4, -0.2) is 12.6 Å². The van der Waals surface area contributed by atoms with E-state index < -0.39 is 5.41 Å². The van der Waals surface area contributed by atoms with Crippen molar-refractivity contribution in [2.75, 3.05) is 6.61 Å². The number of rotatable bonds is 8. The van der Waals surface area contributed by atoms with Gasteiger partial charge >= 0.3 is 5.97 Å². The fraction of sp³-hybridized carbons (Fsp3) is 0.941. The number of ether oxygens (including phenoxy) is 1. The molecule has 0 aromatic carbocycles. The number of carbonyl (C=O) groups is 1. The molecule has 0 fully saturated rings. The van der Waals surface area contributed by atoms with Crippen LogP contribution in [0.3, 0.4) is 0 Å². The predicted molar refractivity (Wildman–Crippen MR) is 82.1 cm³/mol. The fourth-order valence-electron chi connectivity index (χ4n) is 2.93. The summed E-state index contributed by atoms with van der Waals surface area (Å²) in [6.07, 6.45) is 3.95. The minimum Gasteiger partial charge on any atom is -0.466 e. The number of carbonyl (C=O) groups excluding carboxylic acids is 1. The first-order valence-electron chi connectivity index (χ1n) is 7.79. The van der Waals surface area contributed by atoms with Crippen LogP contribution in [0.5, 0.6) is 0 Å². The summed E-state index contributed by atoms with van der Waals surface area (Å²) in [6.45, 7) is 17.7. The van der Waals surface area contributed by atoms with Gasteiger partial charge in [-0.2, -0.15) is 0 Å². The minimum atomic E-state index is -0.411. The summed E-state index contributed by atoms with van der Waals surface area (Å²) >= 11 is 0. The van der Waals surface area contributed by atoms with Crippen LogP contribution in [-0.2, 0) is 9.53 Å². The van der Waals surface area contributed by atoms with Gasteiger partial charge in [0.2, 0.25) is 0 Å². The van der Waals surface area contributed by atoms with Crippen molar-refractivity contribution in [3.63, 3.8) is 0 Å². The Morgan fingerprint density at radius 2 is 1.37 bits per heavy atom. The van der Waals surface area contributed by atoms with Crippen molar-refractivity contribution in [3.05, 3.63) is 0 Å². The normalized spacial score (nSPS) is 16.0. The molecule has 0 saturated heterocycles. The lowest BCUT2D eigenvalue weighted by Crippen LogP contribution is -2.47. The van der Waals surface area contributed by atoms with Crippen molar-refractivity contribution in [1.82, 2.24) is 0 Å². The minimum absolute atomic E-state index is 0.00824. The smallest absolute Gasteiger partial charge is 0.312 e. The van der Waals surface area contributed by atoms with Gasteiger partial charge in [0.05, 0.1) is 12.0 Å². The van der Waals surface area contributed by atoms with Gasteiger partial charge in [0, 0.05) is 0 Å². The quantitative estimate of drug-likeness (QED) is 0.566. The highest BCUT2D eigenvalue weighted by Gasteiger charge is 2.51. The molecule has 0 radical (unpaired) electrons. The van der Waals surface area contributed by atoms with E-state index in [4.69, 9.17) is 4.74 Å². The lowest BCUT2D eigenvalue weighted by Gasteiger charge is -2.47. The maximum Gasteiger partial charge on any atom is 0.312 e. The van der Waals surface area contributed by atoms with Crippen LogP contribution >= 0.6 is 0 Å². The molecule has 0 saturated carbocycles. The summed E-state index contributed by atoms with van der Waals surface area (Å²) < 4.78 is 5.41. The van der Waals surface area contributed by atoms with E-state index in [9.17, 15) is 4.79 Å². The maximum absolute atomic E-state index is 12.6. The monoisotopic (exact) mass is 270 g/mol. The van der Waals surface area contributed by atoms with Crippen LogP contribution in [0.1, 0.15) is 81.1 Å². The molecule has 0 aliphatic rings. The van der Waals surface area contributed by atoms with Gasteiger partial charge in [0.1, 0.15) is 0 Å². The Balaban J connectivity index is 5.54. The summed E-state index contributed by atoms with van der Waals surface area (Å²) in [4.78, 5) is 12.6. The SMILES string of the molecule is CCOC(=O)C(C)(CC(C)(C)CC)C(C)(CC)CC. The molecule has 0 amide bonds. The van der Waals surface area contributed by atoms with Crippen LogP contribution in [0.4, 0.5) is 0 Å². The van der Waals surface area contributed by atoms with Crippen molar-refractivity contribution < 1.29 is 9.53 Å². The zero-order valence-corrected chi connectivity index (χ0v) is 14.4. The first kappa shape index (κ1) is 18.5. The molecule has 0 aliphatic carbocycles. The first-order valence-corrected chi connectivity index (χ1v) is 7.79. The Hall–Kier alpha value is -0.530. The Labute approximate surface area is 120 Å². The molecule has 0 N–H and O–H groups in total. The topological polar surface area (TPSA) is 26.3 Å². The van der Waals surface area contributed by atoms with Gasteiger partial charge in [-0.15, -0.1) is 0 Å². The highest BCUT2D eigenvalue weighted by Crippen LogP contribution is 2.52. The second-order valence-corrected chi connectivity index (χ2v) is 7.01.